The second-order valence-corrected chi connectivity index (χ2v) is 6.19. The zero-order valence-electron chi connectivity index (χ0n) is 13.6. The molecule has 6 nitrogen and oxygen atoms in total. The fourth-order valence-electron chi connectivity index (χ4n) is 3.32. The van der Waals surface area contributed by atoms with Crippen molar-refractivity contribution in [1.29, 1.82) is 0 Å². The van der Waals surface area contributed by atoms with Crippen molar-refractivity contribution >= 4 is 28.3 Å². The topological polar surface area (TPSA) is 81.0 Å². The Labute approximate surface area is 142 Å². The minimum Gasteiger partial charge on any atom is -0.359 e. The number of carbonyl (C=O) groups excluding carboxylic acids is 1. The largest absolute Gasteiger partial charge is 0.359 e. The van der Waals surface area contributed by atoms with Gasteiger partial charge in [0.15, 0.2) is 0 Å². The Morgan fingerprint density at radius 2 is 2.04 bits per heavy atom. The van der Waals surface area contributed by atoms with Gasteiger partial charge in [0.1, 0.15) is 11.9 Å². The molecule has 1 aliphatic heterocycles. The molecule has 0 bridgehead atoms. The van der Waals surface area contributed by atoms with Gasteiger partial charge >= 0.3 is 5.69 Å². The van der Waals surface area contributed by atoms with E-state index >= 15 is 0 Å². The van der Waals surface area contributed by atoms with Crippen molar-refractivity contribution in [3.8, 4) is 0 Å². The lowest BCUT2D eigenvalue weighted by Crippen LogP contribution is -2.41. The molecule has 0 saturated carbocycles. The Morgan fingerprint density at radius 1 is 1.24 bits per heavy atom. The molecule has 7 heteroatoms. The van der Waals surface area contributed by atoms with Gasteiger partial charge in [0.05, 0.1) is 11.0 Å². The fraction of sp³-hybridized carbons (Fsp3) is 0.222. The molecular weight excluding hydrogens is 323 g/mol. The van der Waals surface area contributed by atoms with Gasteiger partial charge in [-0.25, -0.2) is 9.18 Å². The average Bonchev–Trinajstić information content (AvgIpc) is 3.17. The number of aromatic amines is 2. The number of benzene rings is 2. The summed E-state index contributed by atoms with van der Waals surface area (Å²) in [6.45, 7) is 2.40. The maximum atomic E-state index is 13.9. The van der Waals surface area contributed by atoms with Crippen molar-refractivity contribution in [2.75, 3.05) is 16.8 Å². The first kappa shape index (κ1) is 15.4. The summed E-state index contributed by atoms with van der Waals surface area (Å²) in [7, 11) is 0. The normalized spacial score (nSPS) is 14.6. The molecule has 4 rings (SSSR count). The summed E-state index contributed by atoms with van der Waals surface area (Å²) in [6.07, 6.45) is 0.593. The van der Waals surface area contributed by atoms with Crippen molar-refractivity contribution in [1.82, 2.24) is 9.97 Å². The lowest BCUT2D eigenvalue weighted by Gasteiger charge is -2.26. The van der Waals surface area contributed by atoms with E-state index in [1.54, 1.807) is 31.2 Å². The predicted molar refractivity (Wildman–Crippen MR) is 94.5 cm³/mol. The quantitative estimate of drug-likeness (QED) is 0.685. The van der Waals surface area contributed by atoms with Crippen LogP contribution in [0.3, 0.4) is 0 Å². The van der Waals surface area contributed by atoms with Crippen LogP contribution in [0.15, 0.2) is 41.2 Å². The summed E-state index contributed by atoms with van der Waals surface area (Å²) in [5, 5.41) is 2.86. The lowest BCUT2D eigenvalue weighted by atomic mass is 10.1. The number of hydrogen-bond acceptors (Lipinski definition) is 3. The zero-order chi connectivity index (χ0) is 17.6. The van der Waals surface area contributed by atoms with Crippen molar-refractivity contribution in [2.45, 2.75) is 19.4 Å². The van der Waals surface area contributed by atoms with Gasteiger partial charge < -0.3 is 20.2 Å². The van der Waals surface area contributed by atoms with E-state index in [1.807, 2.05) is 11.0 Å². The number of carbonyl (C=O) groups is 1. The van der Waals surface area contributed by atoms with Gasteiger partial charge in [-0.2, -0.15) is 0 Å². The van der Waals surface area contributed by atoms with E-state index in [0.717, 1.165) is 5.69 Å². The number of nitrogens with zero attached hydrogens (tertiary/aromatic N) is 1. The minimum absolute atomic E-state index is 0.186. The van der Waals surface area contributed by atoms with Gasteiger partial charge in [-0.1, -0.05) is 6.07 Å². The monoisotopic (exact) mass is 340 g/mol. The molecule has 0 saturated heterocycles. The Kier molecular flexibility index (Phi) is 3.56. The van der Waals surface area contributed by atoms with E-state index in [4.69, 9.17) is 0 Å². The summed E-state index contributed by atoms with van der Waals surface area (Å²) in [5.41, 5.74) is 3.05. The highest BCUT2D eigenvalue weighted by Crippen LogP contribution is 2.31. The van der Waals surface area contributed by atoms with Crippen LogP contribution in [-0.4, -0.2) is 28.5 Å². The number of aromatic nitrogens is 2. The van der Waals surface area contributed by atoms with Gasteiger partial charge in [-0.05, 0) is 43.7 Å². The Bertz CT molecular complexity index is 1020. The van der Waals surface area contributed by atoms with Crippen LogP contribution in [-0.2, 0) is 11.2 Å². The third kappa shape index (κ3) is 2.67. The molecule has 2 aromatic carbocycles. The number of amides is 1. The molecule has 0 fully saturated rings. The molecule has 0 unspecified atom stereocenters. The number of rotatable bonds is 3. The molecule has 2 heterocycles. The Morgan fingerprint density at radius 3 is 2.88 bits per heavy atom. The van der Waals surface area contributed by atoms with E-state index in [1.165, 1.54) is 6.07 Å². The highest BCUT2D eigenvalue weighted by Gasteiger charge is 2.29. The van der Waals surface area contributed by atoms with E-state index in [-0.39, 0.29) is 17.4 Å². The van der Waals surface area contributed by atoms with Crippen LogP contribution < -0.4 is 15.9 Å². The molecule has 1 aliphatic rings. The van der Waals surface area contributed by atoms with Crippen LogP contribution in [0.5, 0.6) is 0 Å². The molecule has 1 amide bonds. The van der Waals surface area contributed by atoms with Crippen LogP contribution in [0, 0.1) is 5.82 Å². The smallest absolute Gasteiger partial charge is 0.323 e. The maximum Gasteiger partial charge on any atom is 0.323 e. The SMILES string of the molecule is C[C@@H](C(=O)Nc1ccc2[nH]c(=O)[nH]c2c1)N1CCc2c(F)cccc21. The number of hydrogen-bond donors (Lipinski definition) is 3. The molecule has 0 aliphatic carbocycles. The number of halogens is 1. The molecule has 25 heavy (non-hydrogen) atoms. The van der Waals surface area contributed by atoms with Gasteiger partial charge in [-0.15, -0.1) is 0 Å². The van der Waals surface area contributed by atoms with Crippen LogP contribution in [0.4, 0.5) is 15.8 Å². The molecule has 3 aromatic rings. The minimum atomic E-state index is -0.441. The van der Waals surface area contributed by atoms with Crippen LogP contribution in [0.25, 0.3) is 11.0 Å². The summed E-state index contributed by atoms with van der Waals surface area (Å²) in [5.74, 6) is -0.413. The van der Waals surface area contributed by atoms with Crippen molar-refractivity contribution in [2.24, 2.45) is 0 Å². The second kappa shape index (κ2) is 5.77. The molecule has 128 valence electrons. The summed E-state index contributed by atoms with van der Waals surface area (Å²) >= 11 is 0. The number of H-pyrrole nitrogens is 2. The second-order valence-electron chi connectivity index (χ2n) is 6.19. The predicted octanol–water partition coefficient (Wildman–Crippen LogP) is 2.38. The average molecular weight is 340 g/mol. The summed E-state index contributed by atoms with van der Waals surface area (Å²) < 4.78 is 13.9. The number of anilines is 2. The molecule has 0 radical (unpaired) electrons. The molecular formula is C18H17FN4O2. The van der Waals surface area contributed by atoms with Crippen LogP contribution >= 0.6 is 0 Å². The van der Waals surface area contributed by atoms with Gasteiger partial charge in [0, 0.05) is 23.5 Å². The number of fused-ring (bicyclic) bond motifs is 2. The van der Waals surface area contributed by atoms with Crippen LogP contribution in [0.1, 0.15) is 12.5 Å². The van der Waals surface area contributed by atoms with Gasteiger partial charge in [-0.3, -0.25) is 4.79 Å². The summed E-state index contributed by atoms with van der Waals surface area (Å²) in [6, 6.07) is 9.67. The first-order chi connectivity index (χ1) is 12.0. The van der Waals surface area contributed by atoms with Crippen LogP contribution in [0.2, 0.25) is 0 Å². The van der Waals surface area contributed by atoms with Crippen molar-refractivity contribution in [3.05, 3.63) is 58.3 Å². The van der Waals surface area contributed by atoms with E-state index < -0.39 is 6.04 Å². The standard InChI is InChI=1S/C18H17FN4O2/c1-10(23-8-7-12-13(19)3-2-4-16(12)23)17(24)20-11-5-6-14-15(9-11)22-18(25)21-14/h2-6,9-10H,7-8H2,1H3,(H,20,24)(H2,21,22,25)/t10-/m0/s1. The highest BCUT2D eigenvalue weighted by molar-refractivity contribution is 5.98. The molecule has 1 atom stereocenters. The first-order valence-corrected chi connectivity index (χ1v) is 8.10. The summed E-state index contributed by atoms with van der Waals surface area (Å²) in [4.78, 5) is 31.1. The van der Waals surface area contributed by atoms with Gasteiger partial charge in [0.25, 0.3) is 0 Å². The lowest BCUT2D eigenvalue weighted by molar-refractivity contribution is -0.117. The maximum absolute atomic E-state index is 13.9. The van der Waals surface area contributed by atoms with Gasteiger partial charge in [0.2, 0.25) is 5.91 Å². The molecule has 1 aromatic heterocycles. The van der Waals surface area contributed by atoms with E-state index in [2.05, 4.69) is 15.3 Å². The van der Waals surface area contributed by atoms with E-state index in [0.29, 0.717) is 35.2 Å². The molecule has 0 spiro atoms. The third-order valence-corrected chi connectivity index (χ3v) is 4.64. The molecule has 3 N–H and O–H groups in total. The Balaban J connectivity index is 1.55. The highest BCUT2D eigenvalue weighted by atomic mass is 19.1. The zero-order valence-corrected chi connectivity index (χ0v) is 13.6. The Hall–Kier alpha value is -3.09. The fourth-order valence-corrected chi connectivity index (χ4v) is 3.32. The third-order valence-electron chi connectivity index (χ3n) is 4.64. The first-order valence-electron chi connectivity index (χ1n) is 8.10. The number of nitrogens with one attached hydrogen (secondary N) is 3. The number of imidazole rings is 1. The van der Waals surface area contributed by atoms with Crippen molar-refractivity contribution < 1.29 is 9.18 Å². The van der Waals surface area contributed by atoms with E-state index in [9.17, 15) is 14.0 Å². The van der Waals surface area contributed by atoms with Crippen molar-refractivity contribution in [3.63, 3.8) is 0 Å².